The molecule has 6 heteroatoms. The Morgan fingerprint density at radius 2 is 2.25 bits per heavy atom. The van der Waals surface area contributed by atoms with Gasteiger partial charge in [-0.3, -0.25) is 9.59 Å². The smallest absolute Gasteiger partial charge is 0.247 e. The summed E-state index contributed by atoms with van der Waals surface area (Å²) in [4.78, 5) is 26.3. The minimum Gasteiger partial charge on any atom is -0.352 e. The Balaban J connectivity index is 2.07. The Morgan fingerprint density at radius 1 is 1.50 bits per heavy atom. The van der Waals surface area contributed by atoms with Gasteiger partial charge in [-0.15, -0.1) is 11.8 Å². The maximum atomic E-state index is 12.5. The standard InChI is InChI=1S/C18H21N3O2S/c1-3-13(2)20-18(23)16-11-24-12-21(16)17(22)9-8-14-6-4-5-7-15(14)10-19/h4-9,13,16H,3,11-12H2,1-2H3,(H,20,23)/b9-8+. The van der Waals surface area contributed by atoms with Crippen LogP contribution in [0.4, 0.5) is 0 Å². The summed E-state index contributed by atoms with van der Waals surface area (Å²) in [6.07, 6.45) is 3.92. The van der Waals surface area contributed by atoms with E-state index in [1.54, 1.807) is 40.9 Å². The number of carbonyl (C=O) groups is 2. The maximum absolute atomic E-state index is 12.5. The van der Waals surface area contributed by atoms with Gasteiger partial charge in [0.1, 0.15) is 6.04 Å². The molecule has 1 fully saturated rings. The first-order chi connectivity index (χ1) is 11.6. The molecule has 2 atom stereocenters. The molecule has 1 aliphatic rings. The van der Waals surface area contributed by atoms with Gasteiger partial charge in [0.2, 0.25) is 11.8 Å². The molecule has 0 aromatic heterocycles. The van der Waals surface area contributed by atoms with Crippen molar-refractivity contribution in [3.63, 3.8) is 0 Å². The Hall–Kier alpha value is -2.26. The highest BCUT2D eigenvalue weighted by molar-refractivity contribution is 7.99. The van der Waals surface area contributed by atoms with Gasteiger partial charge in [-0.2, -0.15) is 5.26 Å². The average molecular weight is 343 g/mol. The van der Waals surface area contributed by atoms with Crippen LogP contribution in [0.3, 0.4) is 0 Å². The van der Waals surface area contributed by atoms with Crippen LogP contribution in [-0.2, 0) is 9.59 Å². The van der Waals surface area contributed by atoms with Crippen LogP contribution in [0.2, 0.25) is 0 Å². The van der Waals surface area contributed by atoms with Gasteiger partial charge in [0.05, 0.1) is 17.5 Å². The van der Waals surface area contributed by atoms with Crippen LogP contribution in [-0.4, -0.2) is 40.4 Å². The van der Waals surface area contributed by atoms with E-state index < -0.39 is 6.04 Å². The lowest BCUT2D eigenvalue weighted by atomic mass is 10.1. The predicted octanol–water partition coefficient (Wildman–Crippen LogP) is 2.39. The highest BCUT2D eigenvalue weighted by Gasteiger charge is 2.33. The third-order valence-electron chi connectivity index (χ3n) is 3.96. The van der Waals surface area contributed by atoms with Crippen LogP contribution in [0.1, 0.15) is 31.4 Å². The third-order valence-corrected chi connectivity index (χ3v) is 4.97. The monoisotopic (exact) mass is 343 g/mol. The predicted molar refractivity (Wildman–Crippen MR) is 96.0 cm³/mol. The molecule has 24 heavy (non-hydrogen) atoms. The van der Waals surface area contributed by atoms with Gasteiger partial charge < -0.3 is 10.2 Å². The molecule has 2 amide bonds. The SMILES string of the molecule is CCC(C)NC(=O)C1CSCN1C(=O)/C=C/c1ccccc1C#N. The summed E-state index contributed by atoms with van der Waals surface area (Å²) in [5, 5.41) is 12.0. The number of thioether (sulfide) groups is 1. The number of carbonyl (C=O) groups excluding carboxylic acids is 2. The number of hydrogen-bond donors (Lipinski definition) is 1. The van der Waals surface area contributed by atoms with Gasteiger partial charge >= 0.3 is 0 Å². The zero-order valence-electron chi connectivity index (χ0n) is 13.9. The molecule has 1 aromatic carbocycles. The Morgan fingerprint density at radius 3 is 2.96 bits per heavy atom. The van der Waals surface area contributed by atoms with E-state index in [1.165, 1.54) is 6.08 Å². The van der Waals surface area contributed by atoms with Crippen molar-refractivity contribution < 1.29 is 9.59 Å². The van der Waals surface area contributed by atoms with Crippen molar-refractivity contribution in [2.24, 2.45) is 0 Å². The summed E-state index contributed by atoms with van der Waals surface area (Å²) in [6, 6.07) is 8.85. The molecule has 5 nitrogen and oxygen atoms in total. The minimum atomic E-state index is -0.438. The van der Waals surface area contributed by atoms with Gasteiger partial charge in [0.25, 0.3) is 0 Å². The summed E-state index contributed by atoms with van der Waals surface area (Å²) in [6.45, 7) is 3.96. The largest absolute Gasteiger partial charge is 0.352 e. The molecule has 1 aromatic rings. The Labute approximate surface area is 146 Å². The molecule has 1 N–H and O–H groups in total. The van der Waals surface area contributed by atoms with Gasteiger partial charge in [0.15, 0.2) is 0 Å². The molecule has 1 aliphatic heterocycles. The van der Waals surface area contributed by atoms with Gasteiger partial charge in [0, 0.05) is 17.9 Å². The first kappa shape index (κ1) is 18.1. The van der Waals surface area contributed by atoms with Crippen LogP contribution in [0, 0.1) is 11.3 Å². The van der Waals surface area contributed by atoms with Crippen molar-refractivity contribution in [3.05, 3.63) is 41.5 Å². The fourth-order valence-corrected chi connectivity index (χ4v) is 3.48. The van der Waals surface area contributed by atoms with Crippen LogP contribution >= 0.6 is 11.8 Å². The second kappa shape index (κ2) is 8.55. The van der Waals surface area contributed by atoms with Gasteiger partial charge in [-0.25, -0.2) is 0 Å². The normalized spacial score (nSPS) is 18.4. The summed E-state index contributed by atoms with van der Waals surface area (Å²) in [7, 11) is 0. The van der Waals surface area contributed by atoms with E-state index in [2.05, 4.69) is 11.4 Å². The van der Waals surface area contributed by atoms with Crippen molar-refractivity contribution in [1.82, 2.24) is 10.2 Å². The molecule has 126 valence electrons. The number of rotatable bonds is 5. The molecule has 1 heterocycles. The second-order valence-corrected chi connectivity index (χ2v) is 6.67. The average Bonchev–Trinajstić information content (AvgIpc) is 3.09. The van der Waals surface area contributed by atoms with Crippen molar-refractivity contribution >= 4 is 29.7 Å². The second-order valence-electron chi connectivity index (χ2n) is 5.67. The zero-order chi connectivity index (χ0) is 17.5. The minimum absolute atomic E-state index is 0.0955. The third kappa shape index (κ3) is 4.39. The van der Waals surface area contributed by atoms with E-state index >= 15 is 0 Å². The fraction of sp³-hybridized carbons (Fsp3) is 0.389. The number of hydrogen-bond acceptors (Lipinski definition) is 4. The van der Waals surface area contributed by atoms with Crippen LogP contribution in [0.25, 0.3) is 6.08 Å². The van der Waals surface area contributed by atoms with Crippen LogP contribution in [0.5, 0.6) is 0 Å². The van der Waals surface area contributed by atoms with Crippen molar-refractivity contribution in [2.75, 3.05) is 11.6 Å². The molecular weight excluding hydrogens is 322 g/mol. The molecule has 0 saturated carbocycles. The van der Waals surface area contributed by atoms with E-state index in [4.69, 9.17) is 5.26 Å². The summed E-state index contributed by atoms with van der Waals surface area (Å²) in [5.74, 6) is 0.795. The molecule has 2 unspecified atom stereocenters. The van der Waals surface area contributed by atoms with E-state index in [9.17, 15) is 9.59 Å². The summed E-state index contributed by atoms with van der Waals surface area (Å²) >= 11 is 1.57. The number of nitrogens with one attached hydrogen (secondary N) is 1. The Kier molecular flexibility index (Phi) is 6.44. The number of benzene rings is 1. The topological polar surface area (TPSA) is 73.2 Å². The van der Waals surface area contributed by atoms with Crippen molar-refractivity contribution in [2.45, 2.75) is 32.4 Å². The number of nitrogens with zero attached hydrogens (tertiary/aromatic N) is 2. The lowest BCUT2D eigenvalue weighted by molar-refractivity contribution is -0.135. The number of nitriles is 1. The lowest BCUT2D eigenvalue weighted by Gasteiger charge is -2.23. The zero-order valence-corrected chi connectivity index (χ0v) is 14.7. The lowest BCUT2D eigenvalue weighted by Crippen LogP contribution is -2.48. The van der Waals surface area contributed by atoms with Crippen LogP contribution < -0.4 is 5.32 Å². The Bertz CT molecular complexity index is 681. The van der Waals surface area contributed by atoms with E-state index in [1.807, 2.05) is 19.9 Å². The molecule has 1 saturated heterocycles. The quantitative estimate of drug-likeness (QED) is 0.833. The fourth-order valence-electron chi connectivity index (χ4n) is 2.32. The molecule has 0 aliphatic carbocycles. The molecule has 0 bridgehead atoms. The molecule has 2 rings (SSSR count). The van der Waals surface area contributed by atoms with Gasteiger partial charge in [-0.1, -0.05) is 25.1 Å². The van der Waals surface area contributed by atoms with Gasteiger partial charge in [-0.05, 0) is 31.1 Å². The van der Waals surface area contributed by atoms with E-state index in [-0.39, 0.29) is 17.9 Å². The van der Waals surface area contributed by atoms with Crippen molar-refractivity contribution in [3.8, 4) is 6.07 Å². The highest BCUT2D eigenvalue weighted by atomic mass is 32.2. The molecule has 0 spiro atoms. The summed E-state index contributed by atoms with van der Waals surface area (Å²) < 4.78 is 0. The summed E-state index contributed by atoms with van der Waals surface area (Å²) in [5.41, 5.74) is 1.21. The van der Waals surface area contributed by atoms with Crippen molar-refractivity contribution in [1.29, 1.82) is 5.26 Å². The first-order valence-electron chi connectivity index (χ1n) is 7.92. The first-order valence-corrected chi connectivity index (χ1v) is 9.08. The van der Waals surface area contributed by atoms with E-state index in [0.29, 0.717) is 22.8 Å². The van der Waals surface area contributed by atoms with Crippen LogP contribution in [0.15, 0.2) is 30.3 Å². The highest BCUT2D eigenvalue weighted by Crippen LogP contribution is 2.22. The molecular formula is C18H21N3O2S. The molecule has 0 radical (unpaired) electrons. The maximum Gasteiger partial charge on any atom is 0.247 e. The van der Waals surface area contributed by atoms with E-state index in [0.717, 1.165) is 6.42 Å². The number of amides is 2.